The van der Waals surface area contributed by atoms with Crippen molar-refractivity contribution < 1.29 is 0 Å². The molecule has 0 aromatic heterocycles. The number of hydrogen-bond donors (Lipinski definition) is 1. The Bertz CT molecular complexity index is 237. The summed E-state index contributed by atoms with van der Waals surface area (Å²) in [6.45, 7) is 12.8. The van der Waals surface area contributed by atoms with Crippen molar-refractivity contribution in [3.05, 3.63) is 0 Å². The fraction of sp³-hybridized carbons (Fsp3) is 1.00. The van der Waals surface area contributed by atoms with Crippen LogP contribution in [0.15, 0.2) is 0 Å². The Balaban J connectivity index is 1.30. The molecule has 3 aliphatic rings. The van der Waals surface area contributed by atoms with Crippen molar-refractivity contribution in [2.75, 3.05) is 65.4 Å². The summed E-state index contributed by atoms with van der Waals surface area (Å²) in [6, 6.07) is 0.855. The van der Waals surface area contributed by atoms with Crippen LogP contribution in [0.3, 0.4) is 0 Å². The van der Waals surface area contributed by atoms with Crippen molar-refractivity contribution in [1.82, 2.24) is 20.0 Å². The van der Waals surface area contributed by atoms with Gasteiger partial charge in [0.15, 0.2) is 0 Å². The second-order valence-electron chi connectivity index (χ2n) is 6.10. The van der Waals surface area contributed by atoms with Crippen molar-refractivity contribution in [3.8, 4) is 0 Å². The summed E-state index contributed by atoms with van der Waals surface area (Å²) in [7, 11) is 0. The molecule has 0 spiro atoms. The summed E-state index contributed by atoms with van der Waals surface area (Å²) in [5.74, 6) is 0. The molecule has 3 saturated heterocycles. The molecular weight excluding hydrogens is 224 g/mol. The maximum atomic E-state index is 3.44. The highest BCUT2D eigenvalue weighted by atomic mass is 15.3. The molecule has 0 bridgehead atoms. The van der Waals surface area contributed by atoms with Gasteiger partial charge in [-0.3, -0.25) is 9.80 Å². The Hall–Kier alpha value is -0.160. The van der Waals surface area contributed by atoms with E-state index in [0.29, 0.717) is 0 Å². The molecule has 104 valence electrons. The fourth-order valence-corrected chi connectivity index (χ4v) is 3.47. The number of nitrogens with zero attached hydrogens (tertiary/aromatic N) is 3. The average molecular weight is 252 g/mol. The summed E-state index contributed by atoms with van der Waals surface area (Å²) in [6.07, 6.45) is 4.29. The minimum absolute atomic E-state index is 0.855. The molecule has 4 nitrogen and oxygen atoms in total. The van der Waals surface area contributed by atoms with Crippen LogP contribution in [-0.2, 0) is 0 Å². The van der Waals surface area contributed by atoms with Crippen molar-refractivity contribution in [3.63, 3.8) is 0 Å². The molecule has 0 aromatic carbocycles. The summed E-state index contributed by atoms with van der Waals surface area (Å²) in [4.78, 5) is 7.97. The summed E-state index contributed by atoms with van der Waals surface area (Å²) in [5, 5.41) is 3.44. The fourth-order valence-electron chi connectivity index (χ4n) is 3.47. The number of hydrogen-bond acceptors (Lipinski definition) is 4. The maximum Gasteiger partial charge on any atom is 0.0351 e. The van der Waals surface area contributed by atoms with Gasteiger partial charge in [-0.1, -0.05) is 6.42 Å². The van der Waals surface area contributed by atoms with Crippen LogP contribution < -0.4 is 5.32 Å². The third-order valence-electron chi connectivity index (χ3n) is 4.79. The normalized spacial score (nSPS) is 29.3. The molecular formula is C14H28N4. The quantitative estimate of drug-likeness (QED) is 0.764. The smallest absolute Gasteiger partial charge is 0.0351 e. The van der Waals surface area contributed by atoms with Gasteiger partial charge >= 0.3 is 0 Å². The van der Waals surface area contributed by atoms with Gasteiger partial charge in [0.05, 0.1) is 0 Å². The van der Waals surface area contributed by atoms with Crippen molar-refractivity contribution in [2.24, 2.45) is 0 Å². The number of piperazine rings is 1. The zero-order valence-electron chi connectivity index (χ0n) is 11.6. The zero-order valence-corrected chi connectivity index (χ0v) is 11.6. The number of likely N-dealkylation sites (tertiary alicyclic amines) is 2. The van der Waals surface area contributed by atoms with Crippen molar-refractivity contribution in [2.45, 2.75) is 25.3 Å². The van der Waals surface area contributed by atoms with Crippen molar-refractivity contribution in [1.29, 1.82) is 0 Å². The van der Waals surface area contributed by atoms with E-state index in [4.69, 9.17) is 0 Å². The minimum atomic E-state index is 0.855. The summed E-state index contributed by atoms with van der Waals surface area (Å²) < 4.78 is 0. The van der Waals surface area contributed by atoms with E-state index in [9.17, 15) is 0 Å². The second kappa shape index (κ2) is 6.33. The molecule has 0 aromatic rings. The first-order valence-electron chi connectivity index (χ1n) is 7.81. The molecule has 0 unspecified atom stereocenters. The Morgan fingerprint density at radius 3 is 2.17 bits per heavy atom. The minimum Gasteiger partial charge on any atom is -0.314 e. The molecule has 3 aliphatic heterocycles. The lowest BCUT2D eigenvalue weighted by Gasteiger charge is -2.47. The molecule has 1 N–H and O–H groups in total. The van der Waals surface area contributed by atoms with E-state index in [2.05, 4.69) is 20.0 Å². The molecule has 0 saturated carbocycles. The summed E-state index contributed by atoms with van der Waals surface area (Å²) in [5.41, 5.74) is 0. The van der Waals surface area contributed by atoms with Gasteiger partial charge in [0.1, 0.15) is 0 Å². The van der Waals surface area contributed by atoms with Gasteiger partial charge in [-0.25, -0.2) is 0 Å². The lowest BCUT2D eigenvalue weighted by Crippen LogP contribution is -2.63. The lowest BCUT2D eigenvalue weighted by molar-refractivity contribution is 0.0206. The Kier molecular flexibility index (Phi) is 4.52. The first-order valence-corrected chi connectivity index (χ1v) is 7.81. The number of rotatable bonds is 4. The SMILES string of the molecule is C1CCN(CCN2CC(N3CCNCC3)C2)CC1. The van der Waals surface area contributed by atoms with Crippen LogP contribution in [0.5, 0.6) is 0 Å². The zero-order chi connectivity index (χ0) is 12.2. The van der Waals surface area contributed by atoms with Gasteiger partial charge < -0.3 is 10.2 Å². The van der Waals surface area contributed by atoms with Crippen LogP contribution in [0.25, 0.3) is 0 Å². The maximum absolute atomic E-state index is 3.44. The van der Waals surface area contributed by atoms with Gasteiger partial charge in [-0.05, 0) is 25.9 Å². The van der Waals surface area contributed by atoms with Crippen LogP contribution in [0.1, 0.15) is 19.3 Å². The predicted molar refractivity (Wildman–Crippen MR) is 75.0 cm³/mol. The third kappa shape index (κ3) is 3.23. The molecule has 3 fully saturated rings. The third-order valence-corrected chi connectivity index (χ3v) is 4.79. The molecule has 0 radical (unpaired) electrons. The van der Waals surface area contributed by atoms with Gasteiger partial charge in [0, 0.05) is 58.4 Å². The highest BCUT2D eigenvalue weighted by Gasteiger charge is 2.31. The Labute approximate surface area is 111 Å². The van der Waals surface area contributed by atoms with Crippen LogP contribution in [0.4, 0.5) is 0 Å². The lowest BCUT2D eigenvalue weighted by atomic mass is 10.1. The van der Waals surface area contributed by atoms with Crippen LogP contribution in [-0.4, -0.2) is 86.2 Å². The predicted octanol–water partition coefficient (Wildman–Crippen LogP) is 0.0617. The molecule has 3 rings (SSSR count). The Morgan fingerprint density at radius 2 is 1.44 bits per heavy atom. The van der Waals surface area contributed by atoms with Crippen LogP contribution in [0, 0.1) is 0 Å². The van der Waals surface area contributed by atoms with E-state index in [1.54, 1.807) is 0 Å². The topological polar surface area (TPSA) is 21.8 Å². The number of nitrogens with one attached hydrogen (secondary N) is 1. The van der Waals surface area contributed by atoms with Crippen LogP contribution in [0.2, 0.25) is 0 Å². The molecule has 0 atom stereocenters. The van der Waals surface area contributed by atoms with Gasteiger partial charge in [-0.2, -0.15) is 0 Å². The first-order chi connectivity index (χ1) is 8.92. The van der Waals surface area contributed by atoms with E-state index in [-0.39, 0.29) is 0 Å². The van der Waals surface area contributed by atoms with Crippen molar-refractivity contribution >= 4 is 0 Å². The monoisotopic (exact) mass is 252 g/mol. The van der Waals surface area contributed by atoms with E-state index in [1.165, 1.54) is 84.7 Å². The standard InChI is InChI=1S/C14H28N4/c1-2-6-16(7-3-1)10-11-17-12-14(13-17)18-8-4-15-5-9-18/h14-15H,1-13H2. The van der Waals surface area contributed by atoms with Gasteiger partial charge in [-0.15, -0.1) is 0 Å². The summed E-state index contributed by atoms with van der Waals surface area (Å²) >= 11 is 0. The van der Waals surface area contributed by atoms with Gasteiger partial charge in [0.2, 0.25) is 0 Å². The van der Waals surface area contributed by atoms with E-state index in [1.807, 2.05) is 0 Å². The molecule has 18 heavy (non-hydrogen) atoms. The van der Waals surface area contributed by atoms with Crippen LogP contribution >= 0.6 is 0 Å². The molecule has 3 heterocycles. The molecule has 0 aliphatic carbocycles. The van der Waals surface area contributed by atoms with E-state index in [0.717, 1.165) is 6.04 Å². The molecule has 4 heteroatoms. The number of piperidine rings is 1. The molecule has 0 amide bonds. The Morgan fingerprint density at radius 1 is 0.778 bits per heavy atom. The first kappa shape index (κ1) is 12.9. The average Bonchev–Trinajstić information content (AvgIpc) is 2.39. The van der Waals surface area contributed by atoms with Gasteiger partial charge in [0.25, 0.3) is 0 Å². The largest absolute Gasteiger partial charge is 0.314 e. The van der Waals surface area contributed by atoms with E-state index >= 15 is 0 Å². The highest BCUT2D eigenvalue weighted by molar-refractivity contribution is 4.90. The second-order valence-corrected chi connectivity index (χ2v) is 6.10. The van der Waals surface area contributed by atoms with E-state index < -0.39 is 0 Å². The highest BCUT2D eigenvalue weighted by Crippen LogP contribution is 2.16.